The number of hydrogen-bond donors (Lipinski definition) is 2. The zero-order valence-electron chi connectivity index (χ0n) is 13.7. The molecule has 1 aliphatic heterocycles. The Morgan fingerprint density at radius 2 is 1.91 bits per heavy atom. The van der Waals surface area contributed by atoms with Crippen molar-refractivity contribution in [2.24, 2.45) is 11.7 Å². The Kier molecular flexibility index (Phi) is 7.68. The van der Waals surface area contributed by atoms with Crippen LogP contribution in [0.4, 0.5) is 5.69 Å². The number of benzene rings is 1. The molecule has 2 rings (SSSR count). The number of para-hydroxylation sites is 1. The van der Waals surface area contributed by atoms with Crippen LogP contribution in [0.1, 0.15) is 37.0 Å². The quantitative estimate of drug-likeness (QED) is 0.807. The van der Waals surface area contributed by atoms with E-state index in [9.17, 15) is 9.59 Å². The molecule has 0 bridgehead atoms. The minimum absolute atomic E-state index is 0. The van der Waals surface area contributed by atoms with Gasteiger partial charge in [-0.25, -0.2) is 0 Å². The van der Waals surface area contributed by atoms with Gasteiger partial charge in [-0.05, 0) is 57.8 Å². The first kappa shape index (κ1) is 19.6. The Morgan fingerprint density at radius 3 is 2.48 bits per heavy atom. The fourth-order valence-electron chi connectivity index (χ4n) is 2.93. The first-order chi connectivity index (χ1) is 10.5. The lowest BCUT2D eigenvalue weighted by Gasteiger charge is -2.33. The van der Waals surface area contributed by atoms with Crippen LogP contribution in [0.15, 0.2) is 24.3 Å². The molecule has 3 N–H and O–H groups in total. The summed E-state index contributed by atoms with van der Waals surface area (Å²) in [7, 11) is 0. The van der Waals surface area contributed by atoms with Gasteiger partial charge in [-0.3, -0.25) is 14.5 Å². The van der Waals surface area contributed by atoms with Gasteiger partial charge in [0.05, 0.1) is 12.2 Å². The maximum Gasteiger partial charge on any atom is 0.238 e. The smallest absolute Gasteiger partial charge is 0.238 e. The van der Waals surface area contributed by atoms with Gasteiger partial charge in [-0.1, -0.05) is 12.1 Å². The van der Waals surface area contributed by atoms with Crippen molar-refractivity contribution in [1.82, 2.24) is 4.90 Å². The van der Waals surface area contributed by atoms with Crippen LogP contribution in [0, 0.1) is 5.92 Å². The van der Waals surface area contributed by atoms with Gasteiger partial charge in [-0.15, -0.1) is 12.4 Å². The van der Waals surface area contributed by atoms with Gasteiger partial charge in [0.15, 0.2) is 5.78 Å². The van der Waals surface area contributed by atoms with Gasteiger partial charge >= 0.3 is 0 Å². The van der Waals surface area contributed by atoms with Gasteiger partial charge in [0, 0.05) is 11.6 Å². The standard InChI is InChI=1S/C17H25N3O2.ClH/c1-12(18)14-7-9-20(10-8-14)11-17(22)19-16-6-4-3-5-15(16)13(2)21;/h3-6,12,14H,7-11,18H2,1-2H3,(H,19,22);1H. The number of piperidine rings is 1. The van der Waals surface area contributed by atoms with Crippen LogP contribution in [0.3, 0.4) is 0 Å². The number of nitrogens with one attached hydrogen (secondary N) is 1. The number of nitrogens with two attached hydrogens (primary N) is 1. The molecular weight excluding hydrogens is 314 g/mol. The van der Waals surface area contributed by atoms with Crippen LogP contribution < -0.4 is 11.1 Å². The van der Waals surface area contributed by atoms with Crippen molar-refractivity contribution in [2.75, 3.05) is 25.0 Å². The number of anilines is 1. The van der Waals surface area contributed by atoms with Crippen molar-refractivity contribution in [3.05, 3.63) is 29.8 Å². The second-order valence-corrected chi connectivity index (χ2v) is 6.12. The molecule has 1 atom stereocenters. The summed E-state index contributed by atoms with van der Waals surface area (Å²) in [6, 6.07) is 7.32. The number of hydrogen-bond acceptors (Lipinski definition) is 4. The highest BCUT2D eigenvalue weighted by Crippen LogP contribution is 2.20. The summed E-state index contributed by atoms with van der Waals surface area (Å²) in [5.74, 6) is 0.430. The maximum absolute atomic E-state index is 12.2. The lowest BCUT2D eigenvalue weighted by atomic mass is 9.91. The zero-order chi connectivity index (χ0) is 16.1. The predicted molar refractivity (Wildman–Crippen MR) is 95.1 cm³/mol. The van der Waals surface area contributed by atoms with Crippen molar-refractivity contribution in [2.45, 2.75) is 32.7 Å². The normalized spacial score (nSPS) is 17.2. The first-order valence-corrected chi connectivity index (χ1v) is 7.85. The van der Waals surface area contributed by atoms with Crippen LogP contribution in [0.25, 0.3) is 0 Å². The number of ketones is 1. The number of amides is 1. The first-order valence-electron chi connectivity index (χ1n) is 7.85. The molecule has 0 aromatic heterocycles. The molecule has 1 heterocycles. The summed E-state index contributed by atoms with van der Waals surface area (Å²) in [6.45, 7) is 5.70. The molecule has 1 unspecified atom stereocenters. The number of nitrogens with zero attached hydrogens (tertiary/aromatic N) is 1. The zero-order valence-corrected chi connectivity index (χ0v) is 14.6. The molecule has 1 amide bonds. The Morgan fingerprint density at radius 1 is 1.30 bits per heavy atom. The van der Waals surface area contributed by atoms with Crippen LogP contribution in [-0.2, 0) is 4.79 Å². The van der Waals surface area contributed by atoms with Crippen molar-refractivity contribution in [3.63, 3.8) is 0 Å². The molecule has 1 saturated heterocycles. The Balaban J connectivity index is 0.00000264. The minimum atomic E-state index is -0.0760. The molecule has 5 nitrogen and oxygen atoms in total. The third-order valence-electron chi connectivity index (χ3n) is 4.32. The molecule has 1 aromatic carbocycles. The Bertz CT molecular complexity index is 540. The van der Waals surface area contributed by atoms with Crippen LogP contribution in [0.2, 0.25) is 0 Å². The van der Waals surface area contributed by atoms with E-state index in [0.717, 1.165) is 25.9 Å². The van der Waals surface area contributed by atoms with Crippen molar-refractivity contribution >= 4 is 29.8 Å². The average molecular weight is 340 g/mol. The topological polar surface area (TPSA) is 75.4 Å². The lowest BCUT2D eigenvalue weighted by molar-refractivity contribution is -0.117. The molecule has 1 aromatic rings. The highest BCUT2D eigenvalue weighted by Gasteiger charge is 2.23. The second kappa shape index (κ2) is 9.01. The average Bonchev–Trinajstić information content (AvgIpc) is 2.48. The summed E-state index contributed by atoms with van der Waals surface area (Å²) < 4.78 is 0. The van der Waals surface area contributed by atoms with E-state index in [1.807, 2.05) is 13.0 Å². The van der Waals surface area contributed by atoms with Gasteiger partial charge in [0.1, 0.15) is 0 Å². The number of likely N-dealkylation sites (tertiary alicyclic amines) is 1. The summed E-state index contributed by atoms with van der Waals surface area (Å²) in [4.78, 5) is 25.9. The predicted octanol–water partition coefficient (Wildman–Crippen LogP) is 2.31. The summed E-state index contributed by atoms with van der Waals surface area (Å²) in [5.41, 5.74) is 7.07. The third kappa shape index (κ3) is 5.61. The molecule has 23 heavy (non-hydrogen) atoms. The van der Waals surface area contributed by atoms with Crippen LogP contribution in [0.5, 0.6) is 0 Å². The summed E-state index contributed by atoms with van der Waals surface area (Å²) in [5, 5.41) is 2.85. The minimum Gasteiger partial charge on any atom is -0.328 e. The highest BCUT2D eigenvalue weighted by molar-refractivity contribution is 6.04. The van der Waals surface area contributed by atoms with Gasteiger partial charge in [-0.2, -0.15) is 0 Å². The molecule has 0 radical (unpaired) electrons. The van der Waals surface area contributed by atoms with E-state index in [2.05, 4.69) is 10.2 Å². The fraction of sp³-hybridized carbons (Fsp3) is 0.529. The van der Waals surface area contributed by atoms with E-state index >= 15 is 0 Å². The van der Waals surface area contributed by atoms with Crippen molar-refractivity contribution in [3.8, 4) is 0 Å². The number of Topliss-reactive ketones (excluding diaryl/α,β-unsaturated/α-hetero) is 1. The Labute approximate surface area is 144 Å². The largest absolute Gasteiger partial charge is 0.328 e. The van der Waals surface area contributed by atoms with Crippen LogP contribution >= 0.6 is 12.4 Å². The van der Waals surface area contributed by atoms with E-state index in [0.29, 0.717) is 23.7 Å². The molecule has 6 heteroatoms. The molecular formula is C17H26ClN3O2. The Hall–Kier alpha value is -1.43. The monoisotopic (exact) mass is 339 g/mol. The van der Waals surface area contributed by atoms with Crippen molar-refractivity contribution < 1.29 is 9.59 Å². The third-order valence-corrected chi connectivity index (χ3v) is 4.32. The second-order valence-electron chi connectivity index (χ2n) is 6.12. The van der Waals surface area contributed by atoms with E-state index in [4.69, 9.17) is 5.73 Å². The van der Waals surface area contributed by atoms with Gasteiger partial charge in [0.25, 0.3) is 0 Å². The maximum atomic E-state index is 12.2. The SMILES string of the molecule is CC(=O)c1ccccc1NC(=O)CN1CCC(C(C)N)CC1.Cl. The van der Waals surface area contributed by atoms with E-state index in [-0.39, 0.29) is 30.1 Å². The van der Waals surface area contributed by atoms with Gasteiger partial charge in [0.2, 0.25) is 5.91 Å². The van der Waals surface area contributed by atoms with E-state index < -0.39 is 0 Å². The fourth-order valence-corrected chi connectivity index (χ4v) is 2.93. The molecule has 0 aliphatic carbocycles. The highest BCUT2D eigenvalue weighted by atomic mass is 35.5. The van der Waals surface area contributed by atoms with Gasteiger partial charge < -0.3 is 11.1 Å². The number of halogens is 1. The van der Waals surface area contributed by atoms with E-state index in [1.165, 1.54) is 6.92 Å². The number of carbonyl (C=O) groups excluding carboxylic acids is 2. The van der Waals surface area contributed by atoms with E-state index in [1.54, 1.807) is 18.2 Å². The summed E-state index contributed by atoms with van der Waals surface area (Å²) in [6.07, 6.45) is 2.07. The summed E-state index contributed by atoms with van der Waals surface area (Å²) >= 11 is 0. The lowest BCUT2D eigenvalue weighted by Crippen LogP contribution is -2.42. The van der Waals surface area contributed by atoms with Crippen molar-refractivity contribution in [1.29, 1.82) is 0 Å². The molecule has 0 spiro atoms. The molecule has 1 fully saturated rings. The number of rotatable bonds is 5. The number of carbonyl (C=O) groups is 2. The molecule has 0 saturated carbocycles. The molecule has 128 valence electrons. The molecule has 1 aliphatic rings. The van der Waals surface area contributed by atoms with Crippen LogP contribution in [-0.4, -0.2) is 42.3 Å².